The van der Waals surface area contributed by atoms with Gasteiger partial charge in [0.25, 0.3) is 0 Å². The fourth-order valence-electron chi connectivity index (χ4n) is 3.23. The van der Waals surface area contributed by atoms with Crippen LogP contribution in [0.25, 0.3) is 0 Å². The van der Waals surface area contributed by atoms with Crippen LogP contribution in [-0.2, 0) is 14.2 Å². The van der Waals surface area contributed by atoms with Gasteiger partial charge in [-0.2, -0.15) is 0 Å². The van der Waals surface area contributed by atoms with Crippen molar-refractivity contribution in [3.63, 3.8) is 0 Å². The van der Waals surface area contributed by atoms with E-state index in [2.05, 4.69) is 24.3 Å². The molecule has 0 aliphatic carbocycles. The monoisotopic (exact) mass is 479 g/mol. The summed E-state index contributed by atoms with van der Waals surface area (Å²) in [5.74, 6) is -0.888. The Hall–Kier alpha value is -2.57. The lowest BCUT2D eigenvalue weighted by Crippen LogP contribution is -2.15. The normalized spacial score (nSPS) is 10.1. The van der Waals surface area contributed by atoms with Crippen molar-refractivity contribution in [1.29, 1.82) is 0 Å². The van der Waals surface area contributed by atoms with E-state index in [-0.39, 0.29) is 0 Å². The highest BCUT2D eigenvalue weighted by molar-refractivity contribution is 6.03. The predicted molar refractivity (Wildman–Crippen MR) is 135 cm³/mol. The molecule has 0 saturated heterocycles. The second kappa shape index (κ2) is 22.2. The molecule has 0 bridgehead atoms. The van der Waals surface area contributed by atoms with E-state index in [4.69, 9.17) is 9.47 Å². The van der Waals surface area contributed by atoms with Gasteiger partial charge >= 0.3 is 18.0 Å². The zero-order valence-corrected chi connectivity index (χ0v) is 21.4. The second-order valence-electron chi connectivity index (χ2n) is 8.11. The third kappa shape index (κ3) is 17.0. The van der Waals surface area contributed by atoms with Crippen LogP contribution < -0.4 is 5.73 Å². The molecule has 0 saturated carbocycles. The summed E-state index contributed by atoms with van der Waals surface area (Å²) >= 11 is 0. The average molecular weight is 480 g/mol. The first-order chi connectivity index (χ1) is 16.5. The summed E-state index contributed by atoms with van der Waals surface area (Å²) in [5, 5.41) is 0. The number of rotatable bonds is 17. The Morgan fingerprint density at radius 1 is 0.618 bits per heavy atom. The van der Waals surface area contributed by atoms with Gasteiger partial charge < -0.3 is 19.9 Å². The summed E-state index contributed by atoms with van der Waals surface area (Å²) in [5.41, 5.74) is 5.13. The molecule has 7 heteroatoms. The summed E-state index contributed by atoms with van der Waals surface area (Å²) in [4.78, 5) is 34.3. The average Bonchev–Trinajstić information content (AvgIpc) is 2.83. The van der Waals surface area contributed by atoms with Gasteiger partial charge in [0, 0.05) is 0 Å². The Kier molecular flexibility index (Phi) is 20.6. The summed E-state index contributed by atoms with van der Waals surface area (Å²) in [7, 11) is 0. The molecule has 0 aliphatic heterocycles. The number of hydrogen-bond acceptors (Lipinski definition) is 6. The van der Waals surface area contributed by atoms with Crippen molar-refractivity contribution in [2.24, 2.45) is 5.73 Å². The predicted octanol–water partition coefficient (Wildman–Crippen LogP) is 6.82. The zero-order valence-electron chi connectivity index (χ0n) is 21.4. The Morgan fingerprint density at radius 3 is 1.32 bits per heavy atom. The van der Waals surface area contributed by atoms with Crippen molar-refractivity contribution in [1.82, 2.24) is 0 Å². The van der Waals surface area contributed by atoms with E-state index < -0.39 is 18.0 Å². The molecule has 0 atom stereocenters. The Morgan fingerprint density at radius 2 is 1.00 bits per heavy atom. The summed E-state index contributed by atoms with van der Waals surface area (Å²) in [6.07, 6.45) is 12.9. The molecule has 194 valence electrons. The van der Waals surface area contributed by atoms with Crippen molar-refractivity contribution >= 4 is 18.0 Å². The molecule has 1 amide bonds. The van der Waals surface area contributed by atoms with Crippen LogP contribution in [0.3, 0.4) is 0 Å². The largest absolute Gasteiger partial charge is 0.462 e. The highest BCUT2D eigenvalue weighted by Gasteiger charge is 2.18. The van der Waals surface area contributed by atoms with Crippen LogP contribution in [-0.4, -0.2) is 37.9 Å². The molecule has 1 rings (SSSR count). The van der Waals surface area contributed by atoms with E-state index in [9.17, 15) is 14.4 Å². The number of carbonyl (C=O) groups excluding carboxylic acids is 3. The minimum atomic E-state index is -0.711. The Bertz CT molecular complexity index is 628. The minimum Gasteiger partial charge on any atom is -0.462 e. The van der Waals surface area contributed by atoms with E-state index in [0.717, 1.165) is 25.7 Å². The number of carbonyl (C=O) groups is 3. The van der Waals surface area contributed by atoms with Crippen LogP contribution in [0, 0.1) is 0 Å². The van der Waals surface area contributed by atoms with Gasteiger partial charge in [-0.3, -0.25) is 0 Å². The lowest BCUT2D eigenvalue weighted by Gasteiger charge is -2.10. The number of esters is 2. The minimum absolute atomic E-state index is 0.293. The van der Waals surface area contributed by atoms with Gasteiger partial charge in [-0.15, -0.1) is 0 Å². The molecule has 1 aromatic rings. The maximum atomic E-state index is 12.4. The first-order valence-corrected chi connectivity index (χ1v) is 12.8. The van der Waals surface area contributed by atoms with Gasteiger partial charge in [0.15, 0.2) is 0 Å². The van der Waals surface area contributed by atoms with Crippen molar-refractivity contribution in [3.8, 4) is 0 Å². The molecule has 0 unspecified atom stereocenters. The van der Waals surface area contributed by atoms with Crippen LogP contribution in [0.5, 0.6) is 0 Å². The van der Waals surface area contributed by atoms with E-state index in [1.807, 2.05) is 0 Å². The molecule has 0 aliphatic rings. The highest BCUT2D eigenvalue weighted by atomic mass is 16.5. The molecular formula is C27H45NO6. The first-order valence-electron chi connectivity index (χ1n) is 12.8. The van der Waals surface area contributed by atoms with Crippen LogP contribution in [0.2, 0.25) is 0 Å². The highest BCUT2D eigenvalue weighted by Crippen LogP contribution is 2.14. The van der Waals surface area contributed by atoms with Crippen molar-refractivity contribution in [3.05, 3.63) is 35.4 Å². The SMILES string of the molecule is CCCCCCCCOC(=O)c1ccccc1C(=O)OCCCCCCCC.CCOC(N)=O. The summed E-state index contributed by atoms with van der Waals surface area (Å²) in [6.45, 7) is 7.23. The van der Waals surface area contributed by atoms with E-state index in [1.54, 1.807) is 31.2 Å². The van der Waals surface area contributed by atoms with Gasteiger partial charge in [0.1, 0.15) is 0 Å². The number of unbranched alkanes of at least 4 members (excludes halogenated alkanes) is 10. The van der Waals surface area contributed by atoms with Crippen molar-refractivity contribution in [2.45, 2.75) is 97.8 Å². The fourth-order valence-corrected chi connectivity index (χ4v) is 3.23. The lowest BCUT2D eigenvalue weighted by molar-refractivity contribution is 0.0450. The molecule has 0 fully saturated rings. The topological polar surface area (TPSA) is 105 Å². The van der Waals surface area contributed by atoms with Gasteiger partial charge in [-0.05, 0) is 31.9 Å². The smallest absolute Gasteiger partial charge is 0.404 e. The first kappa shape index (κ1) is 31.4. The van der Waals surface area contributed by atoms with Crippen molar-refractivity contribution < 1.29 is 28.6 Å². The quantitative estimate of drug-likeness (QED) is 0.149. The number of benzene rings is 1. The molecule has 0 radical (unpaired) electrons. The van der Waals surface area contributed by atoms with Gasteiger partial charge in [-0.1, -0.05) is 90.2 Å². The molecule has 0 heterocycles. The fraction of sp³-hybridized carbons (Fsp3) is 0.667. The van der Waals surface area contributed by atoms with Crippen LogP contribution in [0.1, 0.15) is 119 Å². The molecule has 2 N–H and O–H groups in total. The molecular weight excluding hydrogens is 434 g/mol. The Balaban J connectivity index is 0.00000160. The molecule has 34 heavy (non-hydrogen) atoms. The van der Waals surface area contributed by atoms with Gasteiger partial charge in [0.05, 0.1) is 30.9 Å². The molecule has 0 spiro atoms. The second-order valence-corrected chi connectivity index (χ2v) is 8.11. The maximum Gasteiger partial charge on any atom is 0.404 e. The van der Waals surface area contributed by atoms with Crippen LogP contribution in [0.4, 0.5) is 4.79 Å². The van der Waals surface area contributed by atoms with E-state index in [0.29, 0.717) is 30.9 Å². The molecule has 7 nitrogen and oxygen atoms in total. The third-order valence-electron chi connectivity index (χ3n) is 5.12. The maximum absolute atomic E-state index is 12.4. The molecule has 1 aromatic carbocycles. The van der Waals surface area contributed by atoms with E-state index in [1.165, 1.54) is 51.4 Å². The standard InChI is InChI=1S/C24H38O4.C3H7NO2/c1-3-5-7-9-11-15-19-27-23(25)21-17-13-14-18-22(21)24(26)28-20-16-12-10-8-6-4-2;1-2-6-3(4)5/h13-14,17-18H,3-12,15-16,19-20H2,1-2H3;2H2,1H3,(H2,4,5). The van der Waals surface area contributed by atoms with E-state index >= 15 is 0 Å². The number of hydrogen-bond donors (Lipinski definition) is 1. The Labute approximate surface area is 205 Å². The summed E-state index contributed by atoms with van der Waals surface area (Å²) < 4.78 is 14.9. The van der Waals surface area contributed by atoms with Crippen molar-refractivity contribution in [2.75, 3.05) is 19.8 Å². The number of primary amides is 1. The molecule has 0 aromatic heterocycles. The lowest BCUT2D eigenvalue weighted by atomic mass is 10.1. The summed E-state index contributed by atoms with van der Waals surface area (Å²) in [6, 6.07) is 6.74. The van der Waals surface area contributed by atoms with Crippen LogP contribution in [0.15, 0.2) is 24.3 Å². The van der Waals surface area contributed by atoms with Gasteiger partial charge in [0.2, 0.25) is 0 Å². The number of amides is 1. The third-order valence-corrected chi connectivity index (χ3v) is 5.12. The number of nitrogens with two attached hydrogens (primary N) is 1. The van der Waals surface area contributed by atoms with Gasteiger partial charge in [-0.25, -0.2) is 14.4 Å². The zero-order chi connectivity index (χ0) is 25.4. The van der Waals surface area contributed by atoms with Crippen LogP contribution >= 0.6 is 0 Å². The number of ether oxygens (including phenoxy) is 3.